The molecule has 2 aliphatic carbocycles. The summed E-state index contributed by atoms with van der Waals surface area (Å²) >= 11 is 0. The van der Waals surface area contributed by atoms with E-state index in [0.29, 0.717) is 30.4 Å². The molecular formula is C22H33N5O3. The predicted octanol–water partition coefficient (Wildman–Crippen LogP) is 2.10. The number of hydrogen-bond donors (Lipinski definition) is 0. The number of hydrogen-bond acceptors (Lipinski definition) is 6. The molecule has 0 N–H and O–H groups in total. The van der Waals surface area contributed by atoms with Gasteiger partial charge in [0, 0.05) is 51.2 Å². The summed E-state index contributed by atoms with van der Waals surface area (Å²) in [7, 11) is 0. The fourth-order valence-electron chi connectivity index (χ4n) is 5.95. The van der Waals surface area contributed by atoms with Crippen molar-refractivity contribution in [2.45, 2.75) is 64.3 Å². The van der Waals surface area contributed by atoms with Gasteiger partial charge in [-0.2, -0.15) is 0 Å². The molecule has 2 amide bonds. The highest BCUT2D eigenvalue weighted by Gasteiger charge is 2.59. The Morgan fingerprint density at radius 3 is 2.27 bits per heavy atom. The number of likely N-dealkylation sites (tertiary alicyclic amines) is 1. The maximum atomic E-state index is 13.2. The van der Waals surface area contributed by atoms with Crippen molar-refractivity contribution in [3.63, 3.8) is 0 Å². The molecule has 164 valence electrons. The minimum absolute atomic E-state index is 0.106. The van der Waals surface area contributed by atoms with Crippen LogP contribution in [0.1, 0.15) is 67.5 Å². The van der Waals surface area contributed by atoms with E-state index in [4.69, 9.17) is 0 Å². The number of aryl methyl sites for hydroxylation is 1. The van der Waals surface area contributed by atoms with Crippen molar-refractivity contribution in [2.24, 2.45) is 11.3 Å². The summed E-state index contributed by atoms with van der Waals surface area (Å²) in [6.45, 7) is 6.93. The first-order chi connectivity index (χ1) is 14.6. The van der Waals surface area contributed by atoms with E-state index in [1.807, 2.05) is 4.90 Å². The van der Waals surface area contributed by atoms with Gasteiger partial charge in [-0.15, -0.1) is 0 Å². The van der Waals surface area contributed by atoms with E-state index in [1.54, 1.807) is 6.92 Å². The minimum Gasteiger partial charge on any atom is -0.340 e. The van der Waals surface area contributed by atoms with Crippen molar-refractivity contribution in [3.8, 4) is 0 Å². The van der Waals surface area contributed by atoms with E-state index in [2.05, 4.69) is 24.7 Å². The van der Waals surface area contributed by atoms with Crippen LogP contribution in [-0.2, 0) is 4.79 Å². The molecule has 4 fully saturated rings. The number of nitrogens with zero attached hydrogens (tertiary/aromatic N) is 5. The molecule has 0 bridgehead atoms. The molecule has 1 unspecified atom stereocenters. The highest BCUT2D eigenvalue weighted by Crippen LogP contribution is 2.60. The quantitative estimate of drug-likeness (QED) is 0.752. The molecule has 2 saturated heterocycles. The first-order valence-electron chi connectivity index (χ1n) is 11.7. The van der Waals surface area contributed by atoms with Crippen molar-refractivity contribution in [1.82, 2.24) is 25.0 Å². The standard InChI is InChI=1S/C22H33N5O3/c1-16-19(24-30-23-16)21(29)26-9-7-22(8-10-26)15-18(22)20(28)27-13-11-25(12-14-27)17-5-3-2-4-6-17/h17-18H,2-15H2,1H3. The van der Waals surface area contributed by atoms with Gasteiger partial charge in [-0.25, -0.2) is 4.63 Å². The Morgan fingerprint density at radius 1 is 0.933 bits per heavy atom. The Bertz CT molecular complexity index is 786. The van der Waals surface area contributed by atoms with Gasteiger partial charge >= 0.3 is 0 Å². The van der Waals surface area contributed by atoms with E-state index in [0.717, 1.165) is 51.5 Å². The third-order valence-electron chi connectivity index (χ3n) is 8.11. The first-order valence-corrected chi connectivity index (χ1v) is 11.7. The smallest absolute Gasteiger partial charge is 0.278 e. The third-order valence-corrected chi connectivity index (χ3v) is 8.11. The molecule has 8 nitrogen and oxygen atoms in total. The lowest BCUT2D eigenvalue weighted by Crippen LogP contribution is -2.53. The zero-order chi connectivity index (χ0) is 20.7. The van der Waals surface area contributed by atoms with Crippen LogP contribution in [0.15, 0.2) is 4.63 Å². The molecule has 30 heavy (non-hydrogen) atoms. The largest absolute Gasteiger partial charge is 0.340 e. The topological polar surface area (TPSA) is 82.8 Å². The van der Waals surface area contributed by atoms with E-state index >= 15 is 0 Å². The maximum absolute atomic E-state index is 13.2. The Labute approximate surface area is 177 Å². The molecule has 8 heteroatoms. The molecule has 1 atom stereocenters. The van der Waals surface area contributed by atoms with Crippen LogP contribution in [-0.4, -0.2) is 82.1 Å². The Morgan fingerprint density at radius 2 is 1.63 bits per heavy atom. The van der Waals surface area contributed by atoms with Gasteiger partial charge in [0.15, 0.2) is 5.69 Å². The molecule has 1 aromatic rings. The maximum Gasteiger partial charge on any atom is 0.278 e. The monoisotopic (exact) mass is 415 g/mol. The Kier molecular flexibility index (Phi) is 5.29. The fourth-order valence-corrected chi connectivity index (χ4v) is 5.95. The van der Waals surface area contributed by atoms with Crippen molar-refractivity contribution >= 4 is 11.8 Å². The lowest BCUT2D eigenvalue weighted by Gasteiger charge is -2.41. The second-order valence-electron chi connectivity index (χ2n) is 9.76. The number of carbonyl (C=O) groups is 2. The number of amides is 2. The predicted molar refractivity (Wildman–Crippen MR) is 110 cm³/mol. The Balaban J connectivity index is 1.11. The summed E-state index contributed by atoms with van der Waals surface area (Å²) in [5.74, 6) is 0.409. The van der Waals surface area contributed by atoms with Gasteiger partial charge in [0.25, 0.3) is 5.91 Å². The summed E-state index contributed by atoms with van der Waals surface area (Å²) in [6, 6.07) is 0.744. The first kappa shape index (κ1) is 20.0. The van der Waals surface area contributed by atoms with Crippen LogP contribution in [0.3, 0.4) is 0 Å². The van der Waals surface area contributed by atoms with Gasteiger partial charge in [-0.3, -0.25) is 14.5 Å². The molecule has 1 aromatic heterocycles. The van der Waals surface area contributed by atoms with Gasteiger partial charge in [-0.1, -0.05) is 24.4 Å². The lowest BCUT2D eigenvalue weighted by atomic mass is 9.90. The van der Waals surface area contributed by atoms with E-state index < -0.39 is 0 Å². The van der Waals surface area contributed by atoms with Crippen molar-refractivity contribution < 1.29 is 14.2 Å². The van der Waals surface area contributed by atoms with Crippen LogP contribution in [0.5, 0.6) is 0 Å². The number of piperidine rings is 1. The fraction of sp³-hybridized carbons (Fsp3) is 0.818. The summed E-state index contributed by atoms with van der Waals surface area (Å²) in [5.41, 5.74) is 0.961. The van der Waals surface area contributed by atoms with Crippen LogP contribution < -0.4 is 0 Å². The number of piperazine rings is 1. The average molecular weight is 416 g/mol. The molecule has 2 aliphatic heterocycles. The molecule has 3 heterocycles. The highest BCUT2D eigenvalue weighted by molar-refractivity contribution is 5.93. The number of aromatic nitrogens is 2. The van der Waals surface area contributed by atoms with E-state index in [-0.39, 0.29) is 17.2 Å². The molecular weight excluding hydrogens is 382 g/mol. The van der Waals surface area contributed by atoms with Gasteiger partial charge in [0.05, 0.1) is 0 Å². The molecule has 1 spiro atoms. The molecule has 0 aromatic carbocycles. The Hall–Kier alpha value is -1.96. The third kappa shape index (κ3) is 3.63. The average Bonchev–Trinajstić information content (AvgIpc) is 3.31. The highest BCUT2D eigenvalue weighted by atomic mass is 16.6. The number of carbonyl (C=O) groups excluding carboxylic acids is 2. The summed E-state index contributed by atoms with van der Waals surface area (Å²) in [6.07, 6.45) is 9.57. The van der Waals surface area contributed by atoms with Gasteiger partial charge in [0.2, 0.25) is 5.91 Å². The van der Waals surface area contributed by atoms with Crippen LogP contribution >= 0.6 is 0 Å². The van der Waals surface area contributed by atoms with Crippen molar-refractivity contribution in [2.75, 3.05) is 39.3 Å². The van der Waals surface area contributed by atoms with Crippen molar-refractivity contribution in [1.29, 1.82) is 0 Å². The second kappa shape index (κ2) is 7.94. The second-order valence-corrected chi connectivity index (χ2v) is 9.76. The summed E-state index contributed by atoms with van der Waals surface area (Å²) < 4.78 is 4.67. The summed E-state index contributed by atoms with van der Waals surface area (Å²) in [4.78, 5) is 32.3. The van der Waals surface area contributed by atoms with Gasteiger partial charge in [0.1, 0.15) is 5.69 Å². The van der Waals surface area contributed by atoms with E-state index in [9.17, 15) is 9.59 Å². The molecule has 2 saturated carbocycles. The van der Waals surface area contributed by atoms with Crippen LogP contribution in [0.25, 0.3) is 0 Å². The minimum atomic E-state index is -0.106. The zero-order valence-electron chi connectivity index (χ0n) is 18.0. The van der Waals surface area contributed by atoms with Gasteiger partial charge in [-0.05, 0) is 49.6 Å². The summed E-state index contributed by atoms with van der Waals surface area (Å²) in [5, 5.41) is 7.45. The van der Waals surface area contributed by atoms with Gasteiger partial charge < -0.3 is 9.80 Å². The van der Waals surface area contributed by atoms with Crippen LogP contribution in [0.4, 0.5) is 0 Å². The van der Waals surface area contributed by atoms with Crippen molar-refractivity contribution in [3.05, 3.63) is 11.4 Å². The SMILES string of the molecule is Cc1nonc1C(=O)N1CCC2(CC1)CC2C(=O)N1CCN(C2CCCCC2)CC1. The molecule has 5 rings (SSSR count). The normalized spacial score (nSPS) is 27.4. The van der Waals surface area contributed by atoms with Crippen LogP contribution in [0, 0.1) is 18.3 Å². The molecule has 0 radical (unpaired) electrons. The van der Waals surface area contributed by atoms with E-state index in [1.165, 1.54) is 32.1 Å². The lowest BCUT2D eigenvalue weighted by molar-refractivity contribution is -0.136. The molecule has 4 aliphatic rings. The zero-order valence-corrected chi connectivity index (χ0v) is 18.0. The van der Waals surface area contributed by atoms with Crippen LogP contribution in [0.2, 0.25) is 0 Å². The number of rotatable bonds is 3.